The number of hydrogen-bond donors (Lipinski definition) is 1. The number of rotatable bonds is 9. The van der Waals surface area contributed by atoms with Crippen molar-refractivity contribution >= 4 is 43.9 Å². The summed E-state index contributed by atoms with van der Waals surface area (Å²) in [5.41, 5.74) is 8.69. The summed E-state index contributed by atoms with van der Waals surface area (Å²) in [6.45, 7) is 28.0. The van der Waals surface area contributed by atoms with Gasteiger partial charge in [-0.1, -0.05) is 59.2 Å². The second-order valence-corrected chi connectivity index (χ2v) is 26.4. The van der Waals surface area contributed by atoms with Gasteiger partial charge in [-0.25, -0.2) is 4.98 Å². The Hall–Kier alpha value is -2.37. The molecular formula is C31H51N5O6SSi2. The molecule has 1 aliphatic heterocycles. The summed E-state index contributed by atoms with van der Waals surface area (Å²) in [6.07, 6.45) is 1.05. The quantitative estimate of drug-likeness (QED) is 0.190. The largest absolute Gasteiger partial charge is 0.414 e. The molecule has 1 saturated heterocycles. The molecular weight excluding hydrogens is 627 g/mol. The van der Waals surface area contributed by atoms with E-state index in [0.717, 1.165) is 5.56 Å². The van der Waals surface area contributed by atoms with Crippen LogP contribution in [-0.2, 0) is 23.7 Å². The van der Waals surface area contributed by atoms with Crippen LogP contribution in [0, 0.1) is 20.8 Å². The fraction of sp³-hybridized carbons (Fsp3) is 0.645. The zero-order chi connectivity index (χ0) is 33.9. The zero-order valence-corrected chi connectivity index (χ0v) is 31.9. The molecule has 0 aliphatic carbocycles. The normalized spacial score (nSPS) is 20.2. The van der Waals surface area contributed by atoms with E-state index in [1.165, 1.54) is 0 Å². The Labute approximate surface area is 270 Å². The summed E-state index contributed by atoms with van der Waals surface area (Å²) in [5.74, 6) is -0.378. The van der Waals surface area contributed by atoms with Crippen LogP contribution in [0.1, 0.15) is 70.9 Å². The Bertz CT molecular complexity index is 1650. The lowest BCUT2D eigenvalue weighted by molar-refractivity contribution is -0.0383. The van der Waals surface area contributed by atoms with Crippen molar-refractivity contribution < 1.29 is 26.2 Å². The smallest absolute Gasteiger partial charge is 0.341 e. The maximum absolute atomic E-state index is 13.5. The number of fused-ring (bicyclic) bond motifs is 1. The van der Waals surface area contributed by atoms with Crippen LogP contribution in [-0.4, -0.2) is 63.4 Å². The third-order valence-corrected chi connectivity index (χ3v) is 20.1. The molecule has 45 heavy (non-hydrogen) atoms. The number of aromatic nitrogens is 4. The van der Waals surface area contributed by atoms with Gasteiger partial charge in [-0.2, -0.15) is 18.4 Å². The van der Waals surface area contributed by atoms with Gasteiger partial charge in [0.1, 0.15) is 17.2 Å². The van der Waals surface area contributed by atoms with Crippen LogP contribution >= 0.6 is 0 Å². The summed E-state index contributed by atoms with van der Waals surface area (Å²) in [6, 6.07) is 3.60. The maximum atomic E-state index is 13.5. The molecule has 11 nitrogen and oxygen atoms in total. The zero-order valence-electron chi connectivity index (χ0n) is 29.1. The molecule has 2 aromatic heterocycles. The van der Waals surface area contributed by atoms with Gasteiger partial charge >= 0.3 is 10.1 Å². The summed E-state index contributed by atoms with van der Waals surface area (Å²) in [4.78, 5) is 13.1. The van der Waals surface area contributed by atoms with Gasteiger partial charge in [0.15, 0.2) is 27.8 Å². The molecule has 0 bridgehead atoms. The summed E-state index contributed by atoms with van der Waals surface area (Å²) in [5, 5.41) is 0.0490. The van der Waals surface area contributed by atoms with Crippen molar-refractivity contribution in [2.45, 2.75) is 128 Å². The Balaban J connectivity index is 1.69. The molecule has 250 valence electrons. The average molecular weight is 678 g/mol. The molecule has 3 heterocycles. The molecule has 3 aromatic rings. The van der Waals surface area contributed by atoms with E-state index in [2.05, 4.69) is 82.7 Å². The average Bonchev–Trinajstić information content (AvgIpc) is 3.43. The first-order valence-electron chi connectivity index (χ1n) is 15.4. The summed E-state index contributed by atoms with van der Waals surface area (Å²) < 4.78 is 54.5. The molecule has 0 radical (unpaired) electrons. The lowest BCUT2D eigenvalue weighted by Crippen LogP contribution is -2.48. The molecule has 0 spiro atoms. The first-order chi connectivity index (χ1) is 20.4. The van der Waals surface area contributed by atoms with E-state index >= 15 is 0 Å². The van der Waals surface area contributed by atoms with Crippen molar-refractivity contribution in [3.8, 4) is 5.88 Å². The summed E-state index contributed by atoms with van der Waals surface area (Å²) >= 11 is 0. The Kier molecular flexibility index (Phi) is 9.48. The van der Waals surface area contributed by atoms with Gasteiger partial charge in [-0.05, 0) is 68.2 Å². The van der Waals surface area contributed by atoms with Gasteiger partial charge in [0, 0.05) is 6.42 Å². The standard InChI is InChI=1S/C31H51N5O6SSi2/c1-19-14-20(2)26(21(3)15-19)43(37,38)41-28-25-27(34-29(32)35-28)36(18-33-25)24-16-22(42-45(12,13)31(7,8)9)23(40-24)17-39-44(10,11)30(4,5)6/h14-15,18,22-24H,16-17H2,1-13H3,(H2,32,34,35)/t22-,23-,24-/m1/s1. The summed E-state index contributed by atoms with van der Waals surface area (Å²) in [7, 11) is -8.47. The van der Waals surface area contributed by atoms with E-state index in [9.17, 15) is 8.42 Å². The molecule has 4 rings (SSSR count). The molecule has 14 heteroatoms. The molecule has 1 aromatic carbocycles. The van der Waals surface area contributed by atoms with Crippen LogP contribution in [0.15, 0.2) is 23.4 Å². The minimum atomic E-state index is -4.25. The first kappa shape index (κ1) is 35.5. The number of ether oxygens (including phenoxy) is 1. The number of hydrogen-bond acceptors (Lipinski definition) is 10. The van der Waals surface area contributed by atoms with E-state index < -0.39 is 33.0 Å². The Morgan fingerprint density at radius 1 is 0.978 bits per heavy atom. The van der Waals surface area contributed by atoms with E-state index in [1.807, 2.05) is 6.92 Å². The van der Waals surface area contributed by atoms with Gasteiger partial charge in [0.25, 0.3) is 5.88 Å². The minimum absolute atomic E-state index is 0.00515. The number of benzene rings is 1. The van der Waals surface area contributed by atoms with Crippen LogP contribution in [0.3, 0.4) is 0 Å². The molecule has 0 saturated carbocycles. The Morgan fingerprint density at radius 2 is 1.56 bits per heavy atom. The van der Waals surface area contributed by atoms with Crippen LogP contribution < -0.4 is 9.92 Å². The van der Waals surface area contributed by atoms with Crippen molar-refractivity contribution in [1.29, 1.82) is 0 Å². The molecule has 2 N–H and O–H groups in total. The van der Waals surface area contributed by atoms with Crippen molar-refractivity contribution in [3.63, 3.8) is 0 Å². The van der Waals surface area contributed by atoms with Crippen LogP contribution in [0.2, 0.25) is 36.3 Å². The predicted molar refractivity (Wildman–Crippen MR) is 182 cm³/mol. The van der Waals surface area contributed by atoms with Gasteiger partial charge in [-0.15, -0.1) is 0 Å². The number of aryl methyl sites for hydroxylation is 3. The van der Waals surface area contributed by atoms with Crippen LogP contribution in [0.5, 0.6) is 5.88 Å². The molecule has 1 aliphatic rings. The molecule has 3 atom stereocenters. The molecule has 1 fully saturated rings. The third kappa shape index (κ3) is 7.30. The third-order valence-electron chi connectivity index (χ3n) is 9.61. The second kappa shape index (κ2) is 12.0. The van der Waals surface area contributed by atoms with Crippen LogP contribution in [0.4, 0.5) is 5.95 Å². The highest BCUT2D eigenvalue weighted by molar-refractivity contribution is 7.87. The van der Waals surface area contributed by atoms with Crippen LogP contribution in [0.25, 0.3) is 11.2 Å². The minimum Gasteiger partial charge on any atom is -0.414 e. The fourth-order valence-corrected chi connectivity index (χ4v) is 8.78. The van der Waals surface area contributed by atoms with Gasteiger partial charge < -0.3 is 23.5 Å². The van der Waals surface area contributed by atoms with Gasteiger partial charge in [-0.3, -0.25) is 4.57 Å². The lowest BCUT2D eigenvalue weighted by atomic mass is 10.1. The van der Waals surface area contributed by atoms with E-state index in [-0.39, 0.29) is 44.5 Å². The van der Waals surface area contributed by atoms with Gasteiger partial charge in [0.2, 0.25) is 5.95 Å². The number of imidazole rings is 1. The highest BCUT2D eigenvalue weighted by atomic mass is 32.2. The van der Waals surface area contributed by atoms with Crippen molar-refractivity contribution in [2.75, 3.05) is 12.3 Å². The van der Waals surface area contributed by atoms with Gasteiger partial charge in [0.05, 0.1) is 19.0 Å². The van der Waals surface area contributed by atoms with Crippen molar-refractivity contribution in [3.05, 3.63) is 35.2 Å². The molecule has 0 amide bonds. The van der Waals surface area contributed by atoms with Crippen molar-refractivity contribution in [2.24, 2.45) is 0 Å². The first-order valence-corrected chi connectivity index (χ1v) is 22.7. The van der Waals surface area contributed by atoms with E-state index in [4.69, 9.17) is 23.5 Å². The topological polar surface area (TPSA) is 141 Å². The second-order valence-electron chi connectivity index (χ2n) is 15.3. The predicted octanol–water partition coefficient (Wildman–Crippen LogP) is 6.80. The number of nitrogens with zero attached hydrogens (tertiary/aromatic N) is 4. The van der Waals surface area contributed by atoms with E-state index in [0.29, 0.717) is 29.8 Å². The Morgan fingerprint density at radius 3 is 2.11 bits per heavy atom. The number of anilines is 1. The van der Waals surface area contributed by atoms with E-state index in [1.54, 1.807) is 36.9 Å². The lowest BCUT2D eigenvalue weighted by Gasteiger charge is -2.40. The monoisotopic (exact) mass is 677 g/mol. The SMILES string of the molecule is Cc1cc(C)c(S(=O)(=O)Oc2nc(N)nc3c2ncn3[C@H]2C[C@@H](O[Si](C)(C)C(C)(C)C)[C@@H](CO[Si](C)(C)C(C)(C)C)O2)c(C)c1. The van der Waals surface area contributed by atoms with Crippen molar-refractivity contribution in [1.82, 2.24) is 19.5 Å². The number of nitrogen functional groups attached to an aromatic ring is 1. The number of nitrogens with two attached hydrogens (primary N) is 1. The highest BCUT2D eigenvalue weighted by Gasteiger charge is 2.47. The molecule has 0 unspecified atom stereocenters. The fourth-order valence-electron chi connectivity index (χ4n) is 5.09. The highest BCUT2D eigenvalue weighted by Crippen LogP contribution is 2.43. The maximum Gasteiger partial charge on any atom is 0.341 e.